The zero-order chi connectivity index (χ0) is 22.7. The molecule has 0 bridgehead atoms. The van der Waals surface area contributed by atoms with E-state index in [2.05, 4.69) is 22.2 Å². The molecule has 3 N–H and O–H groups in total. The van der Waals surface area contributed by atoms with E-state index in [1.54, 1.807) is 24.8 Å². The van der Waals surface area contributed by atoms with Gasteiger partial charge in [0.1, 0.15) is 11.3 Å². The number of ether oxygens (including phenoxy) is 1. The number of aromatic nitrogens is 2. The fraction of sp³-hybridized carbons (Fsp3) is 0.346. The summed E-state index contributed by atoms with van der Waals surface area (Å²) in [5.74, 6) is 0.410. The zero-order valence-electron chi connectivity index (χ0n) is 18.7. The molecule has 3 aromatic rings. The number of carbonyl (C=O) groups excluding carboxylic acids is 1. The third kappa shape index (κ3) is 6.37. The van der Waals surface area contributed by atoms with Gasteiger partial charge >= 0.3 is 0 Å². The van der Waals surface area contributed by atoms with Crippen molar-refractivity contribution in [1.29, 1.82) is 0 Å². The number of amides is 1. The van der Waals surface area contributed by atoms with E-state index in [0.29, 0.717) is 26.0 Å². The first-order valence-electron chi connectivity index (χ1n) is 11.2. The van der Waals surface area contributed by atoms with E-state index in [1.165, 1.54) is 0 Å². The van der Waals surface area contributed by atoms with Crippen LogP contribution in [0.4, 0.5) is 0 Å². The van der Waals surface area contributed by atoms with E-state index in [9.17, 15) is 4.79 Å². The van der Waals surface area contributed by atoms with Crippen molar-refractivity contribution in [3.05, 3.63) is 90.0 Å². The molecule has 1 amide bonds. The van der Waals surface area contributed by atoms with Gasteiger partial charge in [0, 0.05) is 31.3 Å². The van der Waals surface area contributed by atoms with Crippen molar-refractivity contribution in [3.8, 4) is 5.75 Å². The Balaban J connectivity index is 1.81. The number of nitrogens with one attached hydrogen (secondary N) is 1. The van der Waals surface area contributed by atoms with Gasteiger partial charge < -0.3 is 10.5 Å². The highest BCUT2D eigenvalue weighted by atomic mass is 16.5. The minimum Gasteiger partial charge on any atom is -0.494 e. The molecule has 1 atom stereocenters. The molecular weight excluding hydrogens is 400 g/mol. The second-order valence-electron chi connectivity index (χ2n) is 7.88. The van der Waals surface area contributed by atoms with Crippen LogP contribution in [0.25, 0.3) is 0 Å². The fourth-order valence-corrected chi connectivity index (χ4v) is 3.71. The number of benzene rings is 1. The SMILES string of the molecule is CCCCOc1ccc(C(CCc2ccncc2)(NCCc2ccncc2)C(N)=O)cc1. The molecule has 6 heteroatoms. The number of hydrogen-bond acceptors (Lipinski definition) is 5. The predicted octanol–water partition coefficient (Wildman–Crippen LogP) is 3.80. The Bertz CT molecular complexity index is 949. The number of hydrogen-bond donors (Lipinski definition) is 2. The smallest absolute Gasteiger partial charge is 0.242 e. The lowest BCUT2D eigenvalue weighted by Gasteiger charge is -2.33. The van der Waals surface area contributed by atoms with Crippen molar-refractivity contribution in [3.63, 3.8) is 0 Å². The van der Waals surface area contributed by atoms with Gasteiger partial charge in [-0.15, -0.1) is 0 Å². The standard InChI is InChI=1S/C26H32N4O2/c1-2-3-20-32-24-6-4-23(5-7-24)26(25(27)31,14-8-21-9-15-28-16-10-21)30-19-13-22-11-17-29-18-12-22/h4-7,9-12,15-18,30H,2-3,8,13-14,19-20H2,1H3,(H2,27,31). The lowest BCUT2D eigenvalue weighted by atomic mass is 9.83. The van der Waals surface area contributed by atoms with Crippen LogP contribution in [-0.4, -0.2) is 29.0 Å². The predicted molar refractivity (Wildman–Crippen MR) is 126 cm³/mol. The third-order valence-electron chi connectivity index (χ3n) is 5.66. The van der Waals surface area contributed by atoms with Gasteiger partial charge in [0.15, 0.2) is 0 Å². The number of nitrogens with two attached hydrogens (primary N) is 1. The van der Waals surface area contributed by atoms with Crippen molar-refractivity contribution in [2.45, 2.75) is 44.6 Å². The van der Waals surface area contributed by atoms with E-state index in [-0.39, 0.29) is 5.91 Å². The maximum atomic E-state index is 12.9. The molecule has 3 rings (SSSR count). The number of unbranched alkanes of at least 4 members (excludes halogenated alkanes) is 1. The third-order valence-corrected chi connectivity index (χ3v) is 5.66. The Hall–Kier alpha value is -3.25. The number of primary amides is 1. The van der Waals surface area contributed by atoms with Crippen LogP contribution in [0.15, 0.2) is 73.3 Å². The maximum absolute atomic E-state index is 12.9. The number of aryl methyl sites for hydroxylation is 1. The average Bonchev–Trinajstić information content (AvgIpc) is 2.83. The lowest BCUT2D eigenvalue weighted by molar-refractivity contribution is -0.125. The van der Waals surface area contributed by atoms with E-state index in [4.69, 9.17) is 10.5 Å². The van der Waals surface area contributed by atoms with Crippen molar-refractivity contribution >= 4 is 5.91 Å². The summed E-state index contributed by atoms with van der Waals surface area (Å²) in [4.78, 5) is 21.0. The molecule has 0 aliphatic carbocycles. The molecule has 32 heavy (non-hydrogen) atoms. The Morgan fingerprint density at radius 3 is 2.09 bits per heavy atom. The summed E-state index contributed by atoms with van der Waals surface area (Å²) in [5, 5.41) is 3.49. The Morgan fingerprint density at radius 2 is 1.53 bits per heavy atom. The van der Waals surface area contributed by atoms with Gasteiger partial charge in [0.05, 0.1) is 6.61 Å². The number of rotatable bonds is 13. The summed E-state index contributed by atoms with van der Waals surface area (Å²) < 4.78 is 5.79. The van der Waals surface area contributed by atoms with Crippen LogP contribution in [0.3, 0.4) is 0 Å². The van der Waals surface area contributed by atoms with Gasteiger partial charge in [-0.05, 0) is 78.8 Å². The maximum Gasteiger partial charge on any atom is 0.242 e. The van der Waals surface area contributed by atoms with Gasteiger partial charge in [0.2, 0.25) is 5.91 Å². The van der Waals surface area contributed by atoms with Crippen LogP contribution in [0, 0.1) is 0 Å². The summed E-state index contributed by atoms with van der Waals surface area (Å²) in [6, 6.07) is 15.6. The van der Waals surface area contributed by atoms with Crippen molar-refractivity contribution in [1.82, 2.24) is 15.3 Å². The Labute approximate surface area is 190 Å². The van der Waals surface area contributed by atoms with Crippen molar-refractivity contribution < 1.29 is 9.53 Å². The highest BCUT2D eigenvalue weighted by molar-refractivity contribution is 5.86. The topological polar surface area (TPSA) is 90.1 Å². The van der Waals surface area contributed by atoms with E-state index < -0.39 is 5.54 Å². The molecule has 0 spiro atoms. The molecule has 0 saturated heterocycles. The van der Waals surface area contributed by atoms with Crippen LogP contribution >= 0.6 is 0 Å². The van der Waals surface area contributed by atoms with E-state index >= 15 is 0 Å². The van der Waals surface area contributed by atoms with Crippen LogP contribution in [-0.2, 0) is 23.2 Å². The second-order valence-corrected chi connectivity index (χ2v) is 7.88. The van der Waals surface area contributed by atoms with Crippen LogP contribution in [0.5, 0.6) is 5.75 Å². The van der Waals surface area contributed by atoms with Gasteiger partial charge in [-0.1, -0.05) is 25.5 Å². The van der Waals surface area contributed by atoms with Crippen LogP contribution in [0.2, 0.25) is 0 Å². The number of carbonyl (C=O) groups is 1. The fourth-order valence-electron chi connectivity index (χ4n) is 3.71. The van der Waals surface area contributed by atoms with E-state index in [0.717, 1.165) is 41.7 Å². The van der Waals surface area contributed by atoms with Gasteiger partial charge in [-0.25, -0.2) is 0 Å². The molecule has 0 radical (unpaired) electrons. The largest absolute Gasteiger partial charge is 0.494 e. The Kier molecular flexibility index (Phi) is 8.75. The molecule has 2 heterocycles. The van der Waals surface area contributed by atoms with Gasteiger partial charge in [-0.2, -0.15) is 0 Å². The quantitative estimate of drug-likeness (QED) is 0.401. The summed E-state index contributed by atoms with van der Waals surface area (Å²) in [7, 11) is 0. The molecule has 0 saturated carbocycles. The lowest BCUT2D eigenvalue weighted by Crippen LogP contribution is -2.53. The molecule has 0 aliphatic heterocycles. The first-order chi connectivity index (χ1) is 15.6. The first kappa shape index (κ1) is 23.4. The normalized spacial score (nSPS) is 12.8. The molecule has 1 unspecified atom stereocenters. The minimum absolute atomic E-state index is 0.388. The van der Waals surface area contributed by atoms with Gasteiger partial charge in [0.25, 0.3) is 0 Å². The number of nitrogens with zero attached hydrogens (tertiary/aromatic N) is 2. The molecule has 2 aromatic heterocycles. The minimum atomic E-state index is -0.988. The second kappa shape index (κ2) is 12.0. The Morgan fingerprint density at radius 1 is 0.938 bits per heavy atom. The van der Waals surface area contributed by atoms with Gasteiger partial charge in [-0.3, -0.25) is 20.1 Å². The molecule has 168 valence electrons. The monoisotopic (exact) mass is 432 g/mol. The van der Waals surface area contributed by atoms with Crippen LogP contribution in [0.1, 0.15) is 42.9 Å². The van der Waals surface area contributed by atoms with Crippen molar-refractivity contribution in [2.24, 2.45) is 5.73 Å². The molecular formula is C26H32N4O2. The van der Waals surface area contributed by atoms with E-state index in [1.807, 2.05) is 48.5 Å². The highest BCUT2D eigenvalue weighted by Crippen LogP contribution is 2.29. The summed E-state index contributed by atoms with van der Waals surface area (Å²) >= 11 is 0. The molecule has 0 fully saturated rings. The summed E-state index contributed by atoms with van der Waals surface area (Å²) in [5.41, 5.74) is 8.15. The molecule has 6 nitrogen and oxygen atoms in total. The first-order valence-corrected chi connectivity index (χ1v) is 11.2. The number of pyridine rings is 2. The molecule has 1 aromatic carbocycles. The summed E-state index contributed by atoms with van der Waals surface area (Å²) in [6.07, 6.45) is 11.2. The molecule has 0 aliphatic rings. The van der Waals surface area contributed by atoms with Crippen LogP contribution < -0.4 is 15.8 Å². The van der Waals surface area contributed by atoms with Crippen molar-refractivity contribution in [2.75, 3.05) is 13.2 Å². The zero-order valence-corrected chi connectivity index (χ0v) is 18.7. The average molecular weight is 433 g/mol. The summed E-state index contributed by atoms with van der Waals surface area (Å²) in [6.45, 7) is 3.43. The highest BCUT2D eigenvalue weighted by Gasteiger charge is 2.37.